The van der Waals surface area contributed by atoms with E-state index < -0.39 is 0 Å². The summed E-state index contributed by atoms with van der Waals surface area (Å²) in [4.78, 5) is 0. The molecule has 0 saturated carbocycles. The first-order chi connectivity index (χ1) is 10.1. The summed E-state index contributed by atoms with van der Waals surface area (Å²) in [5.41, 5.74) is 4.91. The Hall–Kier alpha value is -1.32. The third-order valence-corrected chi connectivity index (χ3v) is 4.69. The summed E-state index contributed by atoms with van der Waals surface area (Å²) in [7, 11) is 3.70. The average molecular weight is 348 g/mol. The molecule has 0 aromatic heterocycles. The highest BCUT2D eigenvalue weighted by atomic mass is 79.9. The van der Waals surface area contributed by atoms with Crippen molar-refractivity contribution in [2.75, 3.05) is 14.2 Å². The number of benzene rings is 2. The van der Waals surface area contributed by atoms with E-state index in [2.05, 4.69) is 71.5 Å². The van der Waals surface area contributed by atoms with E-state index in [4.69, 9.17) is 4.74 Å². The van der Waals surface area contributed by atoms with Crippen LogP contribution < -0.4 is 10.1 Å². The smallest absolute Gasteiger partial charge is 0.124 e. The Labute approximate surface area is 135 Å². The quantitative estimate of drug-likeness (QED) is 0.850. The third kappa shape index (κ3) is 3.47. The normalized spacial score (nSPS) is 12.2. The van der Waals surface area contributed by atoms with Gasteiger partial charge in [-0.15, -0.1) is 0 Å². The van der Waals surface area contributed by atoms with Crippen molar-refractivity contribution in [1.29, 1.82) is 0 Å². The van der Waals surface area contributed by atoms with Gasteiger partial charge in [-0.1, -0.05) is 47.1 Å². The lowest BCUT2D eigenvalue weighted by molar-refractivity contribution is 0.405. The van der Waals surface area contributed by atoms with Crippen LogP contribution >= 0.6 is 15.9 Å². The molecule has 0 aliphatic rings. The highest BCUT2D eigenvalue weighted by Crippen LogP contribution is 2.34. The summed E-state index contributed by atoms with van der Waals surface area (Å²) in [6, 6.07) is 13.1. The van der Waals surface area contributed by atoms with Gasteiger partial charge in [-0.25, -0.2) is 0 Å². The average Bonchev–Trinajstić information content (AvgIpc) is 2.51. The molecule has 1 N–H and O–H groups in total. The van der Waals surface area contributed by atoms with Crippen molar-refractivity contribution in [3.8, 4) is 5.75 Å². The van der Waals surface area contributed by atoms with Crippen molar-refractivity contribution in [1.82, 2.24) is 5.32 Å². The number of hydrogen-bond acceptors (Lipinski definition) is 2. The summed E-state index contributed by atoms with van der Waals surface area (Å²) >= 11 is 3.62. The molecule has 21 heavy (non-hydrogen) atoms. The van der Waals surface area contributed by atoms with Gasteiger partial charge in [0, 0.05) is 10.0 Å². The predicted molar refractivity (Wildman–Crippen MR) is 92.2 cm³/mol. The molecular formula is C18H22BrNO. The molecule has 0 saturated heterocycles. The van der Waals surface area contributed by atoms with Crippen LogP contribution in [-0.4, -0.2) is 14.2 Å². The summed E-state index contributed by atoms with van der Waals surface area (Å²) < 4.78 is 6.67. The highest BCUT2D eigenvalue weighted by Gasteiger charge is 2.18. The first kappa shape index (κ1) is 16.1. The van der Waals surface area contributed by atoms with E-state index in [1.165, 1.54) is 16.7 Å². The van der Waals surface area contributed by atoms with Crippen LogP contribution in [0.1, 0.15) is 35.2 Å². The third-order valence-electron chi connectivity index (χ3n) is 3.83. The Bertz CT molecular complexity index is 607. The number of nitrogens with one attached hydrogen (secondary N) is 1. The zero-order valence-electron chi connectivity index (χ0n) is 13.0. The van der Waals surface area contributed by atoms with Crippen LogP contribution in [0, 0.1) is 6.92 Å². The SMILES string of the molecule is CCc1ccc(C(NC)c2cc(Br)c(C)cc2OC)cc1. The van der Waals surface area contributed by atoms with Crippen LogP contribution in [0.15, 0.2) is 40.9 Å². The number of aryl methyl sites for hydroxylation is 2. The van der Waals surface area contributed by atoms with E-state index in [0.29, 0.717) is 0 Å². The fraction of sp³-hybridized carbons (Fsp3) is 0.333. The van der Waals surface area contributed by atoms with E-state index in [-0.39, 0.29) is 6.04 Å². The first-order valence-corrected chi connectivity index (χ1v) is 8.00. The minimum Gasteiger partial charge on any atom is -0.496 e. The van der Waals surface area contributed by atoms with Gasteiger partial charge in [0.15, 0.2) is 0 Å². The molecule has 2 nitrogen and oxygen atoms in total. The fourth-order valence-corrected chi connectivity index (χ4v) is 2.88. The maximum absolute atomic E-state index is 5.57. The number of rotatable bonds is 5. The molecule has 0 fully saturated rings. The lowest BCUT2D eigenvalue weighted by atomic mass is 9.96. The van der Waals surface area contributed by atoms with Gasteiger partial charge in [-0.3, -0.25) is 0 Å². The molecule has 1 unspecified atom stereocenters. The molecule has 0 aliphatic heterocycles. The van der Waals surface area contributed by atoms with E-state index in [9.17, 15) is 0 Å². The molecule has 2 rings (SSSR count). The van der Waals surface area contributed by atoms with Crippen LogP contribution in [0.2, 0.25) is 0 Å². The number of hydrogen-bond donors (Lipinski definition) is 1. The molecule has 3 heteroatoms. The highest BCUT2D eigenvalue weighted by molar-refractivity contribution is 9.10. The topological polar surface area (TPSA) is 21.3 Å². The van der Waals surface area contributed by atoms with Gasteiger partial charge in [0.2, 0.25) is 0 Å². The molecule has 0 aliphatic carbocycles. The zero-order valence-corrected chi connectivity index (χ0v) is 14.6. The van der Waals surface area contributed by atoms with Crippen molar-refractivity contribution >= 4 is 15.9 Å². The second kappa shape index (κ2) is 7.10. The van der Waals surface area contributed by atoms with E-state index >= 15 is 0 Å². The van der Waals surface area contributed by atoms with Gasteiger partial charge < -0.3 is 10.1 Å². The molecule has 2 aromatic carbocycles. The van der Waals surface area contributed by atoms with E-state index in [1.54, 1.807) is 7.11 Å². The van der Waals surface area contributed by atoms with Crippen molar-refractivity contribution < 1.29 is 4.74 Å². The van der Waals surface area contributed by atoms with Crippen LogP contribution in [0.25, 0.3) is 0 Å². The minimum absolute atomic E-state index is 0.114. The maximum atomic E-state index is 5.57. The van der Waals surface area contributed by atoms with Crippen molar-refractivity contribution in [3.05, 3.63) is 63.1 Å². The fourth-order valence-electron chi connectivity index (χ4n) is 2.52. The molecule has 0 radical (unpaired) electrons. The lowest BCUT2D eigenvalue weighted by Gasteiger charge is -2.21. The monoisotopic (exact) mass is 347 g/mol. The molecular weight excluding hydrogens is 326 g/mol. The van der Waals surface area contributed by atoms with Crippen LogP contribution in [0.3, 0.4) is 0 Å². The second-order valence-corrected chi connectivity index (χ2v) is 6.01. The van der Waals surface area contributed by atoms with Crippen molar-refractivity contribution in [3.63, 3.8) is 0 Å². The lowest BCUT2D eigenvalue weighted by Crippen LogP contribution is -2.18. The van der Waals surface area contributed by atoms with Crippen molar-refractivity contribution in [2.45, 2.75) is 26.3 Å². The number of halogens is 1. The van der Waals surface area contributed by atoms with Gasteiger partial charge >= 0.3 is 0 Å². The Balaban J connectivity index is 2.47. The van der Waals surface area contributed by atoms with Gasteiger partial charge in [0.1, 0.15) is 5.75 Å². The number of ether oxygens (including phenoxy) is 1. The summed E-state index contributed by atoms with van der Waals surface area (Å²) in [5, 5.41) is 3.39. The maximum Gasteiger partial charge on any atom is 0.124 e. The van der Waals surface area contributed by atoms with Crippen LogP contribution in [0.5, 0.6) is 5.75 Å². The molecule has 0 amide bonds. The zero-order chi connectivity index (χ0) is 15.4. The van der Waals surface area contributed by atoms with Gasteiger partial charge in [0.05, 0.1) is 13.2 Å². The minimum atomic E-state index is 0.114. The van der Waals surface area contributed by atoms with E-state index in [1.807, 2.05) is 7.05 Å². The predicted octanol–water partition coefficient (Wildman–Crippen LogP) is 4.64. The Morgan fingerprint density at radius 1 is 1.19 bits per heavy atom. The van der Waals surface area contributed by atoms with Crippen LogP contribution in [0.4, 0.5) is 0 Å². The molecule has 112 valence electrons. The van der Waals surface area contributed by atoms with E-state index in [0.717, 1.165) is 22.2 Å². The van der Waals surface area contributed by atoms with Crippen LogP contribution in [-0.2, 0) is 6.42 Å². The largest absolute Gasteiger partial charge is 0.496 e. The van der Waals surface area contributed by atoms with Gasteiger partial charge in [-0.05, 0) is 49.2 Å². The first-order valence-electron chi connectivity index (χ1n) is 7.20. The molecule has 1 atom stereocenters. The standard InChI is InChI=1S/C18H22BrNO/c1-5-13-6-8-14(9-7-13)18(20-3)15-11-16(19)12(2)10-17(15)21-4/h6-11,18,20H,5H2,1-4H3. The Morgan fingerprint density at radius 3 is 2.38 bits per heavy atom. The summed E-state index contributed by atoms with van der Waals surface area (Å²) in [6.45, 7) is 4.24. The molecule has 0 bridgehead atoms. The van der Waals surface area contributed by atoms with Gasteiger partial charge in [-0.2, -0.15) is 0 Å². The summed E-state index contributed by atoms with van der Waals surface area (Å²) in [5.74, 6) is 0.912. The molecule has 0 heterocycles. The Morgan fingerprint density at radius 2 is 1.86 bits per heavy atom. The Kier molecular flexibility index (Phi) is 5.43. The van der Waals surface area contributed by atoms with Crippen molar-refractivity contribution in [2.24, 2.45) is 0 Å². The number of methoxy groups -OCH3 is 1. The molecule has 0 spiro atoms. The molecule has 2 aromatic rings. The summed E-state index contributed by atoms with van der Waals surface area (Å²) in [6.07, 6.45) is 1.06. The van der Waals surface area contributed by atoms with Gasteiger partial charge in [0.25, 0.3) is 0 Å². The second-order valence-electron chi connectivity index (χ2n) is 5.16.